The van der Waals surface area contributed by atoms with E-state index in [0.29, 0.717) is 11.4 Å². The van der Waals surface area contributed by atoms with Crippen LogP contribution < -0.4 is 15.8 Å². The first-order valence-electron chi connectivity index (χ1n) is 5.14. The van der Waals surface area contributed by atoms with Gasteiger partial charge in [0.2, 0.25) is 0 Å². The normalized spacial score (nSPS) is 10.0. The molecule has 4 heteroatoms. The second kappa shape index (κ2) is 4.74. The molecule has 3 nitrogen and oxygen atoms in total. The zero-order valence-electron chi connectivity index (χ0n) is 9.41. The Morgan fingerprint density at radius 1 is 1.06 bits per heavy atom. The molecule has 0 atom stereocenters. The van der Waals surface area contributed by atoms with Gasteiger partial charge < -0.3 is 15.8 Å². The summed E-state index contributed by atoms with van der Waals surface area (Å²) in [4.78, 5) is 0. The van der Waals surface area contributed by atoms with Gasteiger partial charge in [0, 0.05) is 29.2 Å². The summed E-state index contributed by atoms with van der Waals surface area (Å²) in [7, 11) is 1.58. The number of anilines is 3. The third kappa shape index (κ3) is 2.87. The third-order valence-electron chi connectivity index (χ3n) is 2.30. The maximum Gasteiger partial charge on any atom is 0.123 e. The monoisotopic (exact) mass is 232 g/mol. The van der Waals surface area contributed by atoms with Crippen molar-refractivity contribution >= 4 is 17.1 Å². The SMILES string of the molecule is COc1cc(N)cc(Nc2ccc(F)cc2)c1. The number of nitrogen functional groups attached to an aromatic ring is 1. The molecule has 88 valence electrons. The molecule has 2 rings (SSSR count). The maximum atomic E-state index is 12.7. The largest absolute Gasteiger partial charge is 0.497 e. The van der Waals surface area contributed by atoms with E-state index in [1.807, 2.05) is 6.07 Å². The molecule has 0 unspecified atom stereocenters. The van der Waals surface area contributed by atoms with Gasteiger partial charge in [0.05, 0.1) is 7.11 Å². The fourth-order valence-corrected chi connectivity index (χ4v) is 1.51. The number of ether oxygens (including phenoxy) is 1. The van der Waals surface area contributed by atoms with Crippen molar-refractivity contribution in [2.75, 3.05) is 18.2 Å². The summed E-state index contributed by atoms with van der Waals surface area (Å²) in [5.41, 5.74) is 7.93. The molecule has 3 N–H and O–H groups in total. The van der Waals surface area contributed by atoms with Gasteiger partial charge in [-0.1, -0.05) is 0 Å². The average molecular weight is 232 g/mol. The van der Waals surface area contributed by atoms with Gasteiger partial charge in [0.25, 0.3) is 0 Å². The molecule has 17 heavy (non-hydrogen) atoms. The van der Waals surface area contributed by atoms with Crippen molar-refractivity contribution in [2.24, 2.45) is 0 Å². The van der Waals surface area contributed by atoms with Crippen LogP contribution in [0.3, 0.4) is 0 Å². The van der Waals surface area contributed by atoms with Gasteiger partial charge in [-0.15, -0.1) is 0 Å². The highest BCUT2D eigenvalue weighted by Gasteiger charge is 2.00. The average Bonchev–Trinajstić information content (AvgIpc) is 2.31. The first-order valence-corrected chi connectivity index (χ1v) is 5.14. The Morgan fingerprint density at radius 3 is 2.41 bits per heavy atom. The molecule has 0 heterocycles. The van der Waals surface area contributed by atoms with Crippen molar-refractivity contribution in [1.82, 2.24) is 0 Å². The summed E-state index contributed by atoms with van der Waals surface area (Å²) in [6.45, 7) is 0. The van der Waals surface area contributed by atoms with Crippen molar-refractivity contribution in [1.29, 1.82) is 0 Å². The topological polar surface area (TPSA) is 47.3 Å². The summed E-state index contributed by atoms with van der Waals surface area (Å²) in [5, 5.41) is 3.12. The number of nitrogens with one attached hydrogen (secondary N) is 1. The van der Waals surface area contributed by atoms with E-state index < -0.39 is 0 Å². The molecule has 0 fully saturated rings. The Morgan fingerprint density at radius 2 is 1.76 bits per heavy atom. The van der Waals surface area contributed by atoms with Crippen LogP contribution in [0, 0.1) is 5.82 Å². The zero-order valence-corrected chi connectivity index (χ0v) is 9.41. The molecule has 0 amide bonds. The van der Waals surface area contributed by atoms with Crippen LogP contribution in [0.15, 0.2) is 42.5 Å². The number of rotatable bonds is 3. The first-order chi connectivity index (χ1) is 8.17. The summed E-state index contributed by atoms with van der Waals surface area (Å²) in [6.07, 6.45) is 0. The van der Waals surface area contributed by atoms with Crippen LogP contribution in [0.25, 0.3) is 0 Å². The minimum atomic E-state index is -0.263. The van der Waals surface area contributed by atoms with Crippen LogP contribution in [0.4, 0.5) is 21.5 Å². The fraction of sp³-hybridized carbons (Fsp3) is 0.0769. The smallest absolute Gasteiger partial charge is 0.123 e. The lowest BCUT2D eigenvalue weighted by atomic mass is 10.2. The lowest BCUT2D eigenvalue weighted by Gasteiger charge is -2.09. The Kier molecular flexibility index (Phi) is 3.14. The van der Waals surface area contributed by atoms with Crippen molar-refractivity contribution in [3.63, 3.8) is 0 Å². The van der Waals surface area contributed by atoms with E-state index in [4.69, 9.17) is 10.5 Å². The summed E-state index contributed by atoms with van der Waals surface area (Å²) < 4.78 is 17.9. The number of methoxy groups -OCH3 is 1. The summed E-state index contributed by atoms with van der Waals surface area (Å²) >= 11 is 0. The standard InChI is InChI=1S/C13H13FN2O/c1-17-13-7-10(15)6-12(8-13)16-11-4-2-9(14)3-5-11/h2-8,16H,15H2,1H3. The number of benzene rings is 2. The van der Waals surface area contributed by atoms with Crippen molar-refractivity contribution in [3.05, 3.63) is 48.3 Å². The lowest BCUT2D eigenvalue weighted by Crippen LogP contribution is -1.94. The second-order valence-corrected chi connectivity index (χ2v) is 3.63. The molecule has 0 spiro atoms. The molecular weight excluding hydrogens is 219 g/mol. The van der Waals surface area contributed by atoms with Gasteiger partial charge in [-0.2, -0.15) is 0 Å². The van der Waals surface area contributed by atoms with Crippen molar-refractivity contribution < 1.29 is 9.13 Å². The molecule has 2 aromatic carbocycles. The van der Waals surface area contributed by atoms with Crippen LogP contribution in [-0.4, -0.2) is 7.11 Å². The Labute approximate surface area is 99.0 Å². The number of nitrogens with two attached hydrogens (primary N) is 1. The van der Waals surface area contributed by atoms with Gasteiger partial charge in [0.15, 0.2) is 0 Å². The summed E-state index contributed by atoms with van der Waals surface area (Å²) in [6, 6.07) is 11.4. The predicted molar refractivity (Wildman–Crippen MR) is 67.1 cm³/mol. The second-order valence-electron chi connectivity index (χ2n) is 3.63. The third-order valence-corrected chi connectivity index (χ3v) is 2.30. The minimum absolute atomic E-state index is 0.263. The molecule has 0 aliphatic carbocycles. The highest BCUT2D eigenvalue weighted by molar-refractivity contribution is 5.66. The quantitative estimate of drug-likeness (QED) is 0.799. The van der Waals surface area contributed by atoms with Crippen LogP contribution in [0.2, 0.25) is 0 Å². The van der Waals surface area contributed by atoms with E-state index in [9.17, 15) is 4.39 Å². The predicted octanol–water partition coefficient (Wildman–Crippen LogP) is 3.16. The van der Waals surface area contributed by atoms with Gasteiger partial charge in [-0.05, 0) is 30.3 Å². The Balaban J connectivity index is 2.23. The molecule has 0 aromatic heterocycles. The van der Waals surface area contributed by atoms with E-state index in [2.05, 4.69) is 5.32 Å². The fourth-order valence-electron chi connectivity index (χ4n) is 1.51. The number of hydrogen-bond acceptors (Lipinski definition) is 3. The van der Waals surface area contributed by atoms with Crippen LogP contribution in [-0.2, 0) is 0 Å². The molecular formula is C13H13FN2O. The zero-order chi connectivity index (χ0) is 12.3. The van der Waals surface area contributed by atoms with E-state index in [-0.39, 0.29) is 5.82 Å². The summed E-state index contributed by atoms with van der Waals surface area (Å²) in [5.74, 6) is 0.412. The minimum Gasteiger partial charge on any atom is -0.497 e. The molecule has 0 aliphatic rings. The maximum absolute atomic E-state index is 12.7. The molecule has 0 saturated heterocycles. The van der Waals surface area contributed by atoms with E-state index in [0.717, 1.165) is 11.4 Å². The number of hydrogen-bond donors (Lipinski definition) is 2. The van der Waals surface area contributed by atoms with Gasteiger partial charge in [-0.25, -0.2) is 4.39 Å². The molecule has 0 radical (unpaired) electrons. The van der Waals surface area contributed by atoms with Crippen molar-refractivity contribution in [3.8, 4) is 5.75 Å². The molecule has 0 aliphatic heterocycles. The van der Waals surface area contributed by atoms with Crippen LogP contribution >= 0.6 is 0 Å². The highest BCUT2D eigenvalue weighted by atomic mass is 19.1. The molecule has 0 bridgehead atoms. The highest BCUT2D eigenvalue weighted by Crippen LogP contribution is 2.25. The van der Waals surface area contributed by atoms with Crippen molar-refractivity contribution in [2.45, 2.75) is 0 Å². The Bertz CT molecular complexity index is 511. The first kappa shape index (κ1) is 11.3. The van der Waals surface area contributed by atoms with Gasteiger partial charge >= 0.3 is 0 Å². The Hall–Kier alpha value is -2.23. The van der Waals surface area contributed by atoms with Gasteiger partial charge in [0.1, 0.15) is 11.6 Å². The molecule has 2 aromatic rings. The van der Waals surface area contributed by atoms with Gasteiger partial charge in [-0.3, -0.25) is 0 Å². The number of halogens is 1. The molecule has 0 saturated carbocycles. The van der Waals surface area contributed by atoms with E-state index in [1.165, 1.54) is 12.1 Å². The van der Waals surface area contributed by atoms with Crippen LogP contribution in [0.1, 0.15) is 0 Å². The van der Waals surface area contributed by atoms with E-state index >= 15 is 0 Å². The lowest BCUT2D eigenvalue weighted by molar-refractivity contribution is 0.415. The van der Waals surface area contributed by atoms with Crippen LogP contribution in [0.5, 0.6) is 5.75 Å². The van der Waals surface area contributed by atoms with E-state index in [1.54, 1.807) is 31.4 Å².